The number of carbonyl (C=O) groups is 4. The molecule has 0 aromatic heterocycles. The quantitative estimate of drug-likeness (QED) is 0.370. The number of fused-ring (bicyclic) bond motifs is 1. The van der Waals surface area contributed by atoms with Gasteiger partial charge in [-0.1, -0.05) is 42.5 Å². The molecule has 1 aliphatic heterocycles. The van der Waals surface area contributed by atoms with E-state index in [-0.39, 0.29) is 30.7 Å². The molecule has 0 radical (unpaired) electrons. The van der Waals surface area contributed by atoms with E-state index in [0.29, 0.717) is 23.5 Å². The van der Waals surface area contributed by atoms with Crippen molar-refractivity contribution in [3.05, 3.63) is 89.5 Å². The first-order valence-corrected chi connectivity index (χ1v) is 11.9. The zero-order valence-electron chi connectivity index (χ0n) is 20.4. The number of nitrogens with one attached hydrogen (secondary N) is 3. The molecule has 4 amide bonds. The van der Waals surface area contributed by atoms with E-state index in [9.17, 15) is 19.2 Å². The minimum absolute atomic E-state index is 0.142. The Morgan fingerprint density at radius 3 is 2.22 bits per heavy atom. The zero-order chi connectivity index (χ0) is 26.4. The molecule has 0 aliphatic carbocycles. The molecule has 4 N–H and O–H groups in total. The lowest BCUT2D eigenvalue weighted by atomic mass is 10.0. The molecule has 3 aromatic carbocycles. The third-order valence-corrected chi connectivity index (χ3v) is 6.06. The Kier molecular flexibility index (Phi) is 7.83. The fourth-order valence-electron chi connectivity index (χ4n) is 4.31. The first-order chi connectivity index (χ1) is 17.8. The summed E-state index contributed by atoms with van der Waals surface area (Å²) in [7, 11) is 0. The van der Waals surface area contributed by atoms with Gasteiger partial charge in [-0.3, -0.25) is 19.3 Å². The molecule has 0 saturated heterocycles. The molecular formula is C28H28N4O5. The van der Waals surface area contributed by atoms with Crippen LogP contribution in [0.25, 0.3) is 0 Å². The highest BCUT2D eigenvalue weighted by molar-refractivity contribution is 6.03. The summed E-state index contributed by atoms with van der Waals surface area (Å²) in [5, 5.41) is 17.4. The largest absolute Gasteiger partial charge is 0.481 e. The Bertz CT molecular complexity index is 1290. The normalized spacial score (nSPS) is 12.8. The van der Waals surface area contributed by atoms with Gasteiger partial charge in [0.1, 0.15) is 0 Å². The molecule has 9 nitrogen and oxygen atoms in total. The molecule has 1 heterocycles. The van der Waals surface area contributed by atoms with Crippen molar-refractivity contribution in [2.45, 2.75) is 32.2 Å². The summed E-state index contributed by atoms with van der Waals surface area (Å²) >= 11 is 0. The van der Waals surface area contributed by atoms with Crippen molar-refractivity contribution in [2.75, 3.05) is 22.1 Å². The molecule has 1 aliphatic rings. The van der Waals surface area contributed by atoms with E-state index in [1.165, 1.54) is 6.92 Å². The van der Waals surface area contributed by atoms with Crippen molar-refractivity contribution in [1.82, 2.24) is 5.32 Å². The van der Waals surface area contributed by atoms with E-state index in [4.69, 9.17) is 5.11 Å². The molecule has 3 aromatic rings. The van der Waals surface area contributed by atoms with Crippen LogP contribution >= 0.6 is 0 Å². The lowest BCUT2D eigenvalue weighted by Crippen LogP contribution is -2.33. The Balaban J connectivity index is 1.30. The van der Waals surface area contributed by atoms with Gasteiger partial charge in [-0.25, -0.2) is 4.79 Å². The maximum atomic E-state index is 12.7. The Labute approximate surface area is 214 Å². The van der Waals surface area contributed by atoms with E-state index >= 15 is 0 Å². The van der Waals surface area contributed by atoms with E-state index in [0.717, 1.165) is 23.2 Å². The van der Waals surface area contributed by atoms with Gasteiger partial charge in [0.05, 0.1) is 18.9 Å². The smallest absolute Gasteiger partial charge is 0.326 e. The van der Waals surface area contributed by atoms with E-state index in [1.807, 2.05) is 24.3 Å². The highest BCUT2D eigenvalue weighted by Crippen LogP contribution is 2.28. The molecule has 37 heavy (non-hydrogen) atoms. The molecule has 1 unspecified atom stereocenters. The van der Waals surface area contributed by atoms with Crippen LogP contribution in [0.2, 0.25) is 0 Å². The zero-order valence-corrected chi connectivity index (χ0v) is 20.4. The number of urea groups is 1. The predicted molar refractivity (Wildman–Crippen MR) is 141 cm³/mol. The van der Waals surface area contributed by atoms with Crippen LogP contribution in [0.15, 0.2) is 72.8 Å². The van der Waals surface area contributed by atoms with Crippen LogP contribution in [0.1, 0.15) is 36.1 Å². The third-order valence-electron chi connectivity index (χ3n) is 6.06. The number of hydrogen-bond acceptors (Lipinski definition) is 4. The number of amides is 4. The Morgan fingerprint density at radius 1 is 0.892 bits per heavy atom. The number of para-hydroxylation sites is 1. The highest BCUT2D eigenvalue weighted by Gasteiger charge is 2.24. The van der Waals surface area contributed by atoms with Crippen molar-refractivity contribution in [1.29, 1.82) is 0 Å². The van der Waals surface area contributed by atoms with Gasteiger partial charge in [-0.2, -0.15) is 0 Å². The van der Waals surface area contributed by atoms with E-state index in [2.05, 4.69) is 16.0 Å². The Morgan fingerprint density at radius 2 is 1.54 bits per heavy atom. The number of nitrogens with zero attached hydrogens (tertiary/aromatic N) is 1. The fraction of sp³-hybridized carbons (Fsp3) is 0.214. The minimum atomic E-state index is -1.02. The summed E-state index contributed by atoms with van der Waals surface area (Å²) in [4.78, 5) is 49.4. The second-order valence-electron chi connectivity index (χ2n) is 8.86. The number of rotatable bonds is 8. The maximum Gasteiger partial charge on any atom is 0.326 e. The summed E-state index contributed by atoms with van der Waals surface area (Å²) in [6.07, 6.45) is 0.731. The molecular weight excluding hydrogens is 472 g/mol. The molecule has 0 spiro atoms. The maximum absolute atomic E-state index is 12.7. The van der Waals surface area contributed by atoms with E-state index < -0.39 is 12.0 Å². The summed E-state index contributed by atoms with van der Waals surface area (Å²) in [5.74, 6) is -1.57. The van der Waals surface area contributed by atoms with Crippen LogP contribution in [0.3, 0.4) is 0 Å². The first kappa shape index (κ1) is 25.4. The molecule has 9 heteroatoms. The van der Waals surface area contributed by atoms with Gasteiger partial charge in [0.25, 0.3) is 0 Å². The minimum Gasteiger partial charge on any atom is -0.481 e. The predicted octanol–water partition coefficient (Wildman–Crippen LogP) is 4.11. The van der Waals surface area contributed by atoms with Gasteiger partial charge in [0.2, 0.25) is 11.8 Å². The fourth-order valence-corrected chi connectivity index (χ4v) is 4.31. The van der Waals surface area contributed by atoms with Crippen LogP contribution in [-0.2, 0) is 27.2 Å². The van der Waals surface area contributed by atoms with Gasteiger partial charge >= 0.3 is 12.0 Å². The summed E-state index contributed by atoms with van der Waals surface area (Å²) in [6.45, 7) is 1.97. The number of carbonyl (C=O) groups excluding carboxylic acids is 3. The second-order valence-corrected chi connectivity index (χ2v) is 8.86. The summed E-state index contributed by atoms with van der Waals surface area (Å²) in [5.41, 5.74) is 4.69. The van der Waals surface area contributed by atoms with Crippen molar-refractivity contribution in [2.24, 2.45) is 0 Å². The summed E-state index contributed by atoms with van der Waals surface area (Å²) < 4.78 is 0. The van der Waals surface area contributed by atoms with Crippen LogP contribution in [0.5, 0.6) is 0 Å². The molecule has 1 atom stereocenters. The molecule has 0 bridgehead atoms. The van der Waals surface area contributed by atoms with Gasteiger partial charge in [-0.15, -0.1) is 0 Å². The number of benzene rings is 3. The SMILES string of the molecule is CC(=O)NC(CC(=O)O)c1ccc(NC(=O)Cc2ccc(NC(=O)N3CCc4ccccc43)cc2)cc1. The lowest BCUT2D eigenvalue weighted by molar-refractivity contribution is -0.137. The number of aliphatic carboxylic acids is 1. The van der Waals surface area contributed by atoms with Crippen LogP contribution in [-0.4, -0.2) is 35.5 Å². The summed E-state index contributed by atoms with van der Waals surface area (Å²) in [6, 6.07) is 20.8. The highest BCUT2D eigenvalue weighted by atomic mass is 16.4. The van der Waals surface area contributed by atoms with Crippen molar-refractivity contribution in [3.63, 3.8) is 0 Å². The van der Waals surface area contributed by atoms with E-state index in [1.54, 1.807) is 53.4 Å². The van der Waals surface area contributed by atoms with Gasteiger partial charge in [0, 0.05) is 30.5 Å². The Hall–Kier alpha value is -4.66. The monoisotopic (exact) mass is 500 g/mol. The number of carboxylic acids is 1. The topological polar surface area (TPSA) is 128 Å². The third kappa shape index (κ3) is 6.72. The molecule has 0 fully saturated rings. The van der Waals surface area contributed by atoms with Crippen LogP contribution < -0.4 is 20.9 Å². The average Bonchev–Trinajstić information content (AvgIpc) is 3.29. The number of hydrogen-bond donors (Lipinski definition) is 4. The van der Waals surface area contributed by atoms with Gasteiger partial charge < -0.3 is 21.1 Å². The standard InChI is InChI=1S/C28H28N4O5/c1-18(33)29-24(17-27(35)36)20-8-12-22(13-9-20)30-26(34)16-19-6-10-23(11-7-19)31-28(37)32-15-14-21-4-2-3-5-25(21)32/h2-13,24H,14-17H2,1H3,(H,29,33)(H,30,34)(H,31,37)(H,35,36). The number of anilines is 3. The average molecular weight is 501 g/mol. The molecule has 4 rings (SSSR count). The molecule has 0 saturated carbocycles. The second kappa shape index (κ2) is 11.4. The molecule has 190 valence electrons. The van der Waals surface area contributed by atoms with Crippen molar-refractivity contribution < 1.29 is 24.3 Å². The van der Waals surface area contributed by atoms with Crippen molar-refractivity contribution >= 4 is 40.9 Å². The van der Waals surface area contributed by atoms with Crippen LogP contribution in [0, 0.1) is 0 Å². The van der Waals surface area contributed by atoms with Gasteiger partial charge in [-0.05, 0) is 53.4 Å². The lowest BCUT2D eigenvalue weighted by Gasteiger charge is -2.18. The number of carboxylic acid groups (broad SMARTS) is 1. The van der Waals surface area contributed by atoms with Gasteiger partial charge in [0.15, 0.2) is 0 Å². The van der Waals surface area contributed by atoms with Crippen molar-refractivity contribution in [3.8, 4) is 0 Å². The van der Waals surface area contributed by atoms with Crippen LogP contribution in [0.4, 0.5) is 21.9 Å². The first-order valence-electron chi connectivity index (χ1n) is 11.9.